The van der Waals surface area contributed by atoms with E-state index in [9.17, 15) is 14.9 Å². The Hall–Kier alpha value is -1.91. The number of ether oxygens (including phenoxy) is 1. The third-order valence-corrected chi connectivity index (χ3v) is 3.43. The van der Waals surface area contributed by atoms with Crippen molar-refractivity contribution in [2.45, 2.75) is 51.0 Å². The summed E-state index contributed by atoms with van der Waals surface area (Å²) in [5.41, 5.74) is -0.202. The molecule has 1 aliphatic rings. The Morgan fingerprint density at radius 3 is 2.45 bits per heavy atom. The van der Waals surface area contributed by atoms with Crippen molar-refractivity contribution in [3.63, 3.8) is 0 Å². The molecule has 1 aromatic carbocycles. The maximum atomic E-state index is 12.0. The van der Waals surface area contributed by atoms with Crippen LogP contribution in [-0.2, 0) is 14.9 Å². The van der Waals surface area contributed by atoms with Crippen molar-refractivity contribution in [1.29, 1.82) is 0 Å². The molecule has 0 atom stereocenters. The van der Waals surface area contributed by atoms with Crippen LogP contribution in [0, 0.1) is 10.1 Å². The highest BCUT2D eigenvalue weighted by Crippen LogP contribution is 2.53. The van der Waals surface area contributed by atoms with Crippen molar-refractivity contribution in [2.75, 3.05) is 0 Å². The first-order valence-corrected chi connectivity index (χ1v) is 6.69. The smallest absolute Gasteiger partial charge is 0.307 e. The number of carbonyl (C=O) groups excluding carboxylic acids is 1. The molecule has 0 heterocycles. The van der Waals surface area contributed by atoms with Gasteiger partial charge in [0.25, 0.3) is 5.69 Å². The molecule has 1 fully saturated rings. The van der Waals surface area contributed by atoms with Gasteiger partial charge in [-0.1, -0.05) is 18.2 Å². The first-order valence-electron chi connectivity index (χ1n) is 6.69. The van der Waals surface area contributed by atoms with E-state index >= 15 is 0 Å². The average molecular weight is 277 g/mol. The summed E-state index contributed by atoms with van der Waals surface area (Å²) in [5, 5.41) is 11.1. The van der Waals surface area contributed by atoms with Crippen LogP contribution >= 0.6 is 0 Å². The summed E-state index contributed by atoms with van der Waals surface area (Å²) in [7, 11) is 0. The second-order valence-corrected chi connectivity index (χ2v) is 6.32. The zero-order valence-electron chi connectivity index (χ0n) is 12.0. The first kappa shape index (κ1) is 14.5. The van der Waals surface area contributed by atoms with Crippen molar-refractivity contribution in [2.24, 2.45) is 0 Å². The third-order valence-electron chi connectivity index (χ3n) is 3.43. The second-order valence-electron chi connectivity index (χ2n) is 6.32. The largest absolute Gasteiger partial charge is 0.460 e. The molecule has 2 rings (SSSR count). The highest BCUT2D eigenvalue weighted by atomic mass is 16.6. The van der Waals surface area contributed by atoms with E-state index in [1.807, 2.05) is 20.8 Å². The lowest BCUT2D eigenvalue weighted by Gasteiger charge is -2.22. The van der Waals surface area contributed by atoms with Crippen LogP contribution in [0.4, 0.5) is 5.69 Å². The van der Waals surface area contributed by atoms with Crippen LogP contribution in [0.3, 0.4) is 0 Å². The fourth-order valence-electron chi connectivity index (χ4n) is 2.43. The number of nitro groups is 1. The van der Waals surface area contributed by atoms with Crippen LogP contribution in [0.15, 0.2) is 24.3 Å². The molecule has 5 nitrogen and oxygen atoms in total. The zero-order chi connectivity index (χ0) is 15.0. The van der Waals surface area contributed by atoms with E-state index in [2.05, 4.69) is 0 Å². The lowest BCUT2D eigenvalue weighted by molar-refractivity contribution is -0.385. The fraction of sp³-hybridized carbons (Fsp3) is 0.533. The molecule has 0 amide bonds. The summed E-state index contributed by atoms with van der Waals surface area (Å²) >= 11 is 0. The number of carbonyl (C=O) groups is 1. The number of nitrogens with zero attached hydrogens (tertiary/aromatic N) is 1. The fourth-order valence-corrected chi connectivity index (χ4v) is 2.43. The Bertz CT molecular complexity index is 541. The van der Waals surface area contributed by atoms with E-state index < -0.39 is 11.0 Å². The SMILES string of the molecule is CC(C)(C)OC(=O)CC1(c2ccccc2[N+](=O)[O-])CC1. The van der Waals surface area contributed by atoms with Gasteiger partial charge < -0.3 is 4.74 Å². The van der Waals surface area contributed by atoms with Crippen molar-refractivity contribution in [1.82, 2.24) is 0 Å². The van der Waals surface area contributed by atoms with Gasteiger partial charge in [-0.3, -0.25) is 14.9 Å². The maximum absolute atomic E-state index is 12.0. The molecule has 0 bridgehead atoms. The normalized spacial score (nSPS) is 16.6. The van der Waals surface area contributed by atoms with Gasteiger partial charge in [0.2, 0.25) is 0 Å². The van der Waals surface area contributed by atoms with Gasteiger partial charge in [-0.15, -0.1) is 0 Å². The summed E-state index contributed by atoms with van der Waals surface area (Å²) in [5.74, 6) is -0.298. The van der Waals surface area contributed by atoms with Crippen LogP contribution < -0.4 is 0 Å². The Morgan fingerprint density at radius 1 is 1.35 bits per heavy atom. The minimum atomic E-state index is -0.532. The lowest BCUT2D eigenvalue weighted by Crippen LogP contribution is -2.26. The number of hydrogen-bond donors (Lipinski definition) is 0. The topological polar surface area (TPSA) is 69.4 Å². The van der Waals surface area contributed by atoms with Crippen LogP contribution in [0.5, 0.6) is 0 Å². The van der Waals surface area contributed by atoms with E-state index in [1.54, 1.807) is 18.2 Å². The quantitative estimate of drug-likeness (QED) is 0.480. The summed E-state index contributed by atoms with van der Waals surface area (Å²) in [6, 6.07) is 6.66. The Balaban J connectivity index is 2.20. The first-order chi connectivity index (χ1) is 9.23. The summed E-state index contributed by atoms with van der Waals surface area (Å²) < 4.78 is 5.33. The molecule has 1 aromatic rings. The maximum Gasteiger partial charge on any atom is 0.307 e. The average Bonchev–Trinajstić information content (AvgIpc) is 3.07. The molecule has 5 heteroatoms. The number of esters is 1. The zero-order valence-corrected chi connectivity index (χ0v) is 12.0. The monoisotopic (exact) mass is 277 g/mol. The van der Waals surface area contributed by atoms with Crippen molar-refractivity contribution >= 4 is 11.7 Å². The molecule has 0 aliphatic heterocycles. The standard InChI is InChI=1S/C15H19NO4/c1-14(2,3)20-13(17)10-15(8-9-15)11-6-4-5-7-12(11)16(18)19/h4-7H,8-10H2,1-3H3. The molecule has 20 heavy (non-hydrogen) atoms. The summed E-state index contributed by atoms with van der Waals surface area (Å²) in [6.07, 6.45) is 1.78. The van der Waals surface area contributed by atoms with Gasteiger partial charge in [-0.25, -0.2) is 0 Å². The summed E-state index contributed by atoms with van der Waals surface area (Å²) in [6.45, 7) is 5.44. The van der Waals surface area contributed by atoms with E-state index in [0.717, 1.165) is 12.8 Å². The van der Waals surface area contributed by atoms with Gasteiger partial charge in [-0.2, -0.15) is 0 Å². The minimum Gasteiger partial charge on any atom is -0.460 e. The molecule has 1 saturated carbocycles. The lowest BCUT2D eigenvalue weighted by atomic mass is 9.91. The molecule has 0 unspecified atom stereocenters. The summed E-state index contributed by atoms with van der Waals surface area (Å²) in [4.78, 5) is 22.7. The van der Waals surface area contributed by atoms with Crippen molar-refractivity contribution in [3.05, 3.63) is 39.9 Å². The molecule has 0 radical (unpaired) electrons. The predicted octanol–water partition coefficient (Wildman–Crippen LogP) is 3.36. The number of benzene rings is 1. The van der Waals surface area contributed by atoms with E-state index in [4.69, 9.17) is 4.74 Å². The van der Waals surface area contributed by atoms with Gasteiger partial charge in [0.05, 0.1) is 11.3 Å². The predicted molar refractivity (Wildman–Crippen MR) is 74.5 cm³/mol. The number of para-hydroxylation sites is 1. The van der Waals surface area contributed by atoms with Crippen LogP contribution in [0.25, 0.3) is 0 Å². The Kier molecular flexibility index (Phi) is 3.54. The van der Waals surface area contributed by atoms with Crippen LogP contribution in [0.1, 0.15) is 45.6 Å². The van der Waals surface area contributed by atoms with Gasteiger partial charge in [0.15, 0.2) is 0 Å². The Labute approximate surface area is 118 Å². The second kappa shape index (κ2) is 4.89. The van der Waals surface area contributed by atoms with E-state index in [-0.39, 0.29) is 23.0 Å². The number of hydrogen-bond acceptors (Lipinski definition) is 4. The van der Waals surface area contributed by atoms with E-state index in [0.29, 0.717) is 5.56 Å². The highest BCUT2D eigenvalue weighted by Gasteiger charge is 2.49. The molecular weight excluding hydrogens is 258 g/mol. The van der Waals surface area contributed by atoms with Crippen molar-refractivity contribution < 1.29 is 14.5 Å². The molecular formula is C15H19NO4. The van der Waals surface area contributed by atoms with Crippen LogP contribution in [-0.4, -0.2) is 16.5 Å². The van der Waals surface area contributed by atoms with Gasteiger partial charge in [0.1, 0.15) is 5.60 Å². The van der Waals surface area contributed by atoms with Gasteiger partial charge in [0, 0.05) is 17.0 Å². The van der Waals surface area contributed by atoms with Crippen molar-refractivity contribution in [3.8, 4) is 0 Å². The van der Waals surface area contributed by atoms with Gasteiger partial charge in [-0.05, 0) is 33.6 Å². The van der Waals surface area contributed by atoms with E-state index in [1.165, 1.54) is 6.07 Å². The molecule has 0 saturated heterocycles. The minimum absolute atomic E-state index is 0.0913. The van der Waals surface area contributed by atoms with Gasteiger partial charge >= 0.3 is 5.97 Å². The number of nitro benzene ring substituents is 1. The third kappa shape index (κ3) is 3.15. The highest BCUT2D eigenvalue weighted by molar-refractivity contribution is 5.73. The number of rotatable bonds is 4. The molecule has 108 valence electrons. The molecule has 0 spiro atoms. The Morgan fingerprint density at radius 2 is 1.95 bits per heavy atom. The molecule has 1 aliphatic carbocycles. The van der Waals surface area contributed by atoms with Crippen LogP contribution in [0.2, 0.25) is 0 Å². The molecule has 0 N–H and O–H groups in total. The molecule has 0 aromatic heterocycles.